The Morgan fingerprint density at radius 1 is 1.82 bits per heavy atom. The number of aryl methyl sites for hydroxylation is 1. The van der Waals surface area contributed by atoms with Crippen LogP contribution in [-0.2, 0) is 11.3 Å². The van der Waals surface area contributed by atoms with Crippen molar-refractivity contribution in [3.63, 3.8) is 0 Å². The Morgan fingerprint density at radius 2 is 2.64 bits per heavy atom. The van der Waals surface area contributed by atoms with Gasteiger partial charge in [-0.1, -0.05) is 5.21 Å². The van der Waals surface area contributed by atoms with E-state index in [1.165, 1.54) is 10.9 Å². The molecule has 1 heterocycles. The normalized spacial score (nSPS) is 9.00. The van der Waals surface area contributed by atoms with E-state index in [4.69, 9.17) is 5.26 Å². The molecule has 0 spiro atoms. The molecular weight excluding hydrogens is 144 g/mol. The zero-order valence-corrected chi connectivity index (χ0v) is 5.77. The molecule has 0 radical (unpaired) electrons. The summed E-state index contributed by atoms with van der Waals surface area (Å²) in [6.45, 7) is 0.484. The highest BCUT2D eigenvalue weighted by Gasteiger charge is 1.96. The maximum atomic E-state index is 9.93. The van der Waals surface area contributed by atoms with Gasteiger partial charge in [-0.2, -0.15) is 5.26 Å². The minimum atomic E-state index is 0.274. The van der Waals surface area contributed by atoms with E-state index in [2.05, 4.69) is 10.3 Å². The first-order chi connectivity index (χ1) is 5.36. The third-order valence-electron chi connectivity index (χ3n) is 1.13. The molecule has 0 aliphatic rings. The number of nitriles is 1. The van der Waals surface area contributed by atoms with Gasteiger partial charge in [0.2, 0.25) is 0 Å². The second kappa shape index (κ2) is 3.46. The van der Waals surface area contributed by atoms with E-state index in [1.807, 2.05) is 6.07 Å². The van der Waals surface area contributed by atoms with E-state index in [9.17, 15) is 4.79 Å². The van der Waals surface area contributed by atoms with Crippen molar-refractivity contribution in [1.82, 2.24) is 15.0 Å². The van der Waals surface area contributed by atoms with Crippen LogP contribution in [0.15, 0.2) is 6.20 Å². The zero-order valence-electron chi connectivity index (χ0n) is 5.77. The molecular formula is C6H6N4O. The molecule has 0 aromatic carbocycles. The molecule has 56 valence electrons. The van der Waals surface area contributed by atoms with E-state index >= 15 is 0 Å². The van der Waals surface area contributed by atoms with Crippen molar-refractivity contribution in [3.8, 4) is 6.07 Å². The smallest absolute Gasteiger partial charge is 0.182 e. The largest absolute Gasteiger partial charge is 0.303 e. The van der Waals surface area contributed by atoms with Crippen molar-refractivity contribution in [2.75, 3.05) is 0 Å². The minimum absolute atomic E-state index is 0.274. The first kappa shape index (κ1) is 7.41. The number of rotatable bonds is 3. The Hall–Kier alpha value is -1.70. The molecule has 0 fully saturated rings. The Morgan fingerprint density at radius 3 is 3.18 bits per heavy atom. The van der Waals surface area contributed by atoms with Crippen molar-refractivity contribution in [2.24, 2.45) is 0 Å². The van der Waals surface area contributed by atoms with E-state index in [1.54, 1.807) is 0 Å². The highest BCUT2D eigenvalue weighted by Crippen LogP contribution is 1.90. The first-order valence-electron chi connectivity index (χ1n) is 3.10. The molecule has 0 amide bonds. The molecule has 0 N–H and O–H groups in total. The van der Waals surface area contributed by atoms with Gasteiger partial charge < -0.3 is 4.79 Å². The van der Waals surface area contributed by atoms with Crippen LogP contribution in [0.3, 0.4) is 0 Å². The quantitative estimate of drug-likeness (QED) is 0.556. The van der Waals surface area contributed by atoms with Crippen LogP contribution in [0.1, 0.15) is 12.1 Å². The molecule has 1 aromatic heterocycles. The van der Waals surface area contributed by atoms with Gasteiger partial charge >= 0.3 is 0 Å². The Bertz CT molecular complexity index is 285. The van der Waals surface area contributed by atoms with E-state index in [0.717, 1.165) is 6.29 Å². The Kier molecular flexibility index (Phi) is 2.33. The SMILES string of the molecule is N#Cc1cn(CCC=O)nn1. The second-order valence-electron chi connectivity index (χ2n) is 1.93. The van der Waals surface area contributed by atoms with Crippen LogP contribution in [0.5, 0.6) is 0 Å². The molecule has 0 aliphatic heterocycles. The van der Waals surface area contributed by atoms with Crippen LogP contribution in [0.2, 0.25) is 0 Å². The van der Waals surface area contributed by atoms with Crippen LogP contribution in [0.4, 0.5) is 0 Å². The number of hydrogen-bond acceptors (Lipinski definition) is 4. The third kappa shape index (κ3) is 1.86. The van der Waals surface area contributed by atoms with Crippen molar-refractivity contribution < 1.29 is 4.79 Å². The lowest BCUT2D eigenvalue weighted by Gasteiger charge is -1.90. The fraction of sp³-hybridized carbons (Fsp3) is 0.333. The summed E-state index contributed by atoms with van der Waals surface area (Å²) in [6, 6.07) is 1.84. The fourth-order valence-corrected chi connectivity index (χ4v) is 0.644. The predicted octanol–water partition coefficient (Wildman–Crippen LogP) is -0.261. The lowest BCUT2D eigenvalue weighted by Crippen LogP contribution is -1.98. The number of carbonyl (C=O) groups is 1. The molecule has 0 aliphatic carbocycles. The van der Waals surface area contributed by atoms with Crippen LogP contribution in [0.25, 0.3) is 0 Å². The standard InChI is InChI=1S/C6H6N4O/c7-4-6-5-10(9-8-6)2-1-3-11/h3,5H,1-2H2. The molecule has 1 rings (SSSR count). The van der Waals surface area contributed by atoms with Gasteiger partial charge in [-0.3, -0.25) is 4.68 Å². The predicted molar refractivity (Wildman–Crippen MR) is 35.4 cm³/mol. The van der Waals surface area contributed by atoms with E-state index in [-0.39, 0.29) is 5.69 Å². The average molecular weight is 150 g/mol. The van der Waals surface area contributed by atoms with Crippen LogP contribution in [-0.4, -0.2) is 21.3 Å². The maximum absolute atomic E-state index is 9.93. The second-order valence-corrected chi connectivity index (χ2v) is 1.93. The molecule has 5 heteroatoms. The van der Waals surface area contributed by atoms with Gasteiger partial charge in [-0.25, -0.2) is 0 Å². The number of hydrogen-bond donors (Lipinski definition) is 0. The Balaban J connectivity index is 2.59. The summed E-state index contributed by atoms with van der Waals surface area (Å²) in [5.41, 5.74) is 0.274. The van der Waals surface area contributed by atoms with Gasteiger partial charge in [0.1, 0.15) is 12.4 Å². The van der Waals surface area contributed by atoms with E-state index < -0.39 is 0 Å². The molecule has 5 nitrogen and oxygen atoms in total. The van der Waals surface area contributed by atoms with Crippen molar-refractivity contribution in [2.45, 2.75) is 13.0 Å². The van der Waals surface area contributed by atoms with Gasteiger partial charge in [-0.05, 0) is 0 Å². The molecule has 0 saturated heterocycles. The van der Waals surface area contributed by atoms with E-state index in [0.29, 0.717) is 13.0 Å². The molecule has 1 aromatic rings. The van der Waals surface area contributed by atoms with Crippen LogP contribution < -0.4 is 0 Å². The number of nitrogens with zero attached hydrogens (tertiary/aromatic N) is 4. The summed E-state index contributed by atoms with van der Waals surface area (Å²) in [6.07, 6.45) is 2.70. The topological polar surface area (TPSA) is 71.6 Å². The molecule has 0 atom stereocenters. The van der Waals surface area contributed by atoms with Crippen molar-refractivity contribution in [3.05, 3.63) is 11.9 Å². The highest BCUT2D eigenvalue weighted by atomic mass is 16.1. The van der Waals surface area contributed by atoms with Crippen molar-refractivity contribution >= 4 is 6.29 Å². The summed E-state index contributed by atoms with van der Waals surface area (Å²) in [5.74, 6) is 0. The Labute approximate surface area is 63.2 Å². The number of carbonyl (C=O) groups excluding carboxylic acids is 1. The summed E-state index contributed by atoms with van der Waals surface area (Å²) >= 11 is 0. The highest BCUT2D eigenvalue weighted by molar-refractivity contribution is 5.48. The lowest BCUT2D eigenvalue weighted by atomic mass is 10.5. The summed E-state index contributed by atoms with van der Waals surface area (Å²) in [7, 11) is 0. The lowest BCUT2D eigenvalue weighted by molar-refractivity contribution is -0.108. The number of aldehydes is 1. The molecule has 0 unspecified atom stereocenters. The van der Waals surface area contributed by atoms with Crippen LogP contribution >= 0.6 is 0 Å². The summed E-state index contributed by atoms with van der Waals surface area (Å²) < 4.78 is 1.47. The third-order valence-corrected chi connectivity index (χ3v) is 1.13. The van der Waals surface area contributed by atoms with Gasteiger partial charge in [-0.15, -0.1) is 5.10 Å². The maximum Gasteiger partial charge on any atom is 0.182 e. The van der Waals surface area contributed by atoms with Gasteiger partial charge in [0, 0.05) is 13.0 Å². The fourth-order valence-electron chi connectivity index (χ4n) is 0.644. The van der Waals surface area contributed by atoms with Crippen LogP contribution in [0, 0.1) is 11.3 Å². The van der Waals surface area contributed by atoms with Gasteiger partial charge in [0.25, 0.3) is 0 Å². The minimum Gasteiger partial charge on any atom is -0.303 e. The summed E-state index contributed by atoms with van der Waals surface area (Å²) in [5, 5.41) is 15.5. The first-order valence-corrected chi connectivity index (χ1v) is 3.10. The van der Waals surface area contributed by atoms with Gasteiger partial charge in [0.05, 0.1) is 6.20 Å². The average Bonchev–Trinajstić information content (AvgIpc) is 2.48. The van der Waals surface area contributed by atoms with Crippen molar-refractivity contribution in [1.29, 1.82) is 5.26 Å². The number of aromatic nitrogens is 3. The van der Waals surface area contributed by atoms with Gasteiger partial charge in [0.15, 0.2) is 5.69 Å². The summed E-state index contributed by atoms with van der Waals surface area (Å²) in [4.78, 5) is 9.93. The molecule has 11 heavy (non-hydrogen) atoms. The molecule has 0 saturated carbocycles. The monoisotopic (exact) mass is 150 g/mol. The zero-order chi connectivity index (χ0) is 8.10. The molecule has 0 bridgehead atoms.